The van der Waals surface area contributed by atoms with Crippen LogP contribution < -0.4 is 16.6 Å². The summed E-state index contributed by atoms with van der Waals surface area (Å²) in [4.78, 5) is 20.7. The molecule has 7 nitrogen and oxygen atoms in total. The van der Waals surface area contributed by atoms with E-state index in [0.717, 1.165) is 0 Å². The fourth-order valence-corrected chi connectivity index (χ4v) is 1.58. The highest BCUT2D eigenvalue weighted by Crippen LogP contribution is 2.15. The van der Waals surface area contributed by atoms with Gasteiger partial charge in [0, 0.05) is 18.6 Å². The van der Waals surface area contributed by atoms with Gasteiger partial charge in [-0.05, 0) is 13.8 Å². The van der Waals surface area contributed by atoms with Crippen LogP contribution in [0.2, 0.25) is 0 Å². The fourth-order valence-electron chi connectivity index (χ4n) is 1.58. The molecule has 0 fully saturated rings. The SMILES string of the molecule is CCOCC(C)NC(=O)c1nc(C(C)C)ncc1NN. The number of nitrogens with zero attached hydrogens (tertiary/aromatic N) is 2. The van der Waals surface area contributed by atoms with Crippen molar-refractivity contribution in [3.8, 4) is 0 Å². The second kappa shape index (κ2) is 7.76. The van der Waals surface area contributed by atoms with Gasteiger partial charge in [0.15, 0.2) is 5.69 Å². The number of nitrogen functional groups attached to an aromatic ring is 1. The molecule has 0 radical (unpaired) electrons. The molecule has 4 N–H and O–H groups in total. The van der Waals surface area contributed by atoms with Gasteiger partial charge < -0.3 is 15.5 Å². The van der Waals surface area contributed by atoms with Gasteiger partial charge >= 0.3 is 0 Å². The summed E-state index contributed by atoms with van der Waals surface area (Å²) in [6.45, 7) is 8.77. The molecule has 0 aromatic carbocycles. The van der Waals surface area contributed by atoms with Crippen molar-refractivity contribution in [2.24, 2.45) is 5.84 Å². The van der Waals surface area contributed by atoms with Crippen LogP contribution in [0.3, 0.4) is 0 Å². The van der Waals surface area contributed by atoms with E-state index in [4.69, 9.17) is 10.6 Å². The Kier molecular flexibility index (Phi) is 6.33. The van der Waals surface area contributed by atoms with Gasteiger partial charge in [0.05, 0.1) is 18.5 Å². The maximum atomic E-state index is 12.2. The molecule has 7 heteroatoms. The molecule has 1 aromatic rings. The summed E-state index contributed by atoms with van der Waals surface area (Å²) in [5, 5.41) is 2.82. The Morgan fingerprint density at radius 3 is 2.70 bits per heavy atom. The lowest BCUT2D eigenvalue weighted by atomic mass is 10.2. The van der Waals surface area contributed by atoms with E-state index in [2.05, 4.69) is 20.7 Å². The van der Waals surface area contributed by atoms with Crippen molar-refractivity contribution in [2.45, 2.75) is 39.7 Å². The molecule has 1 aromatic heterocycles. The van der Waals surface area contributed by atoms with Crippen LogP contribution in [0.1, 0.15) is 49.9 Å². The van der Waals surface area contributed by atoms with Crippen LogP contribution in [0.4, 0.5) is 5.69 Å². The molecule has 0 spiro atoms. The molecule has 0 aliphatic rings. The van der Waals surface area contributed by atoms with Crippen LogP contribution in [-0.2, 0) is 4.74 Å². The first-order valence-corrected chi connectivity index (χ1v) is 6.71. The van der Waals surface area contributed by atoms with Crippen molar-refractivity contribution in [1.29, 1.82) is 0 Å². The highest BCUT2D eigenvalue weighted by Gasteiger charge is 2.17. The molecule has 20 heavy (non-hydrogen) atoms. The second-order valence-electron chi connectivity index (χ2n) is 4.82. The summed E-state index contributed by atoms with van der Waals surface area (Å²) in [6, 6.07) is -0.106. The van der Waals surface area contributed by atoms with Crippen LogP contribution in [0.15, 0.2) is 6.20 Å². The van der Waals surface area contributed by atoms with E-state index >= 15 is 0 Å². The molecule has 0 aliphatic carbocycles. The Labute approximate surface area is 119 Å². The average Bonchev–Trinajstić information content (AvgIpc) is 2.44. The van der Waals surface area contributed by atoms with Gasteiger partial charge in [-0.1, -0.05) is 13.8 Å². The third kappa shape index (κ3) is 4.43. The van der Waals surface area contributed by atoms with E-state index in [9.17, 15) is 4.79 Å². The molecule has 1 amide bonds. The lowest BCUT2D eigenvalue weighted by Gasteiger charge is -2.15. The van der Waals surface area contributed by atoms with E-state index in [1.165, 1.54) is 6.20 Å². The minimum absolute atomic E-state index is 0.106. The molecule has 0 bridgehead atoms. The van der Waals surface area contributed by atoms with Gasteiger partial charge in [0.25, 0.3) is 5.91 Å². The third-order valence-corrected chi connectivity index (χ3v) is 2.64. The van der Waals surface area contributed by atoms with Crippen molar-refractivity contribution in [3.05, 3.63) is 17.7 Å². The number of nitrogens with two attached hydrogens (primary N) is 1. The third-order valence-electron chi connectivity index (χ3n) is 2.64. The Morgan fingerprint density at radius 1 is 1.45 bits per heavy atom. The zero-order valence-electron chi connectivity index (χ0n) is 12.4. The molecule has 0 aliphatic heterocycles. The van der Waals surface area contributed by atoms with Gasteiger partial charge in [-0.3, -0.25) is 10.6 Å². The Hall–Kier alpha value is -1.73. The zero-order chi connectivity index (χ0) is 15.1. The topological polar surface area (TPSA) is 102 Å². The van der Waals surface area contributed by atoms with Gasteiger partial charge in [-0.15, -0.1) is 0 Å². The predicted molar refractivity (Wildman–Crippen MR) is 77.4 cm³/mol. The van der Waals surface area contributed by atoms with Crippen molar-refractivity contribution < 1.29 is 9.53 Å². The minimum Gasteiger partial charge on any atom is -0.380 e. The number of hydrazine groups is 1. The van der Waals surface area contributed by atoms with Crippen LogP contribution in [-0.4, -0.2) is 35.1 Å². The summed E-state index contributed by atoms with van der Waals surface area (Å²) < 4.78 is 5.26. The zero-order valence-corrected chi connectivity index (χ0v) is 12.4. The molecular formula is C13H23N5O2. The van der Waals surface area contributed by atoms with Crippen LogP contribution in [0.25, 0.3) is 0 Å². The lowest BCUT2D eigenvalue weighted by molar-refractivity contribution is 0.0867. The summed E-state index contributed by atoms with van der Waals surface area (Å²) in [5.41, 5.74) is 3.09. The fraction of sp³-hybridized carbons (Fsp3) is 0.615. The summed E-state index contributed by atoms with van der Waals surface area (Å²) in [6.07, 6.45) is 1.52. The molecule has 0 saturated carbocycles. The van der Waals surface area contributed by atoms with E-state index in [1.807, 2.05) is 27.7 Å². The number of ether oxygens (including phenoxy) is 1. The first kappa shape index (κ1) is 16.3. The number of hydrogen-bond acceptors (Lipinski definition) is 6. The van der Waals surface area contributed by atoms with E-state index in [1.54, 1.807) is 0 Å². The van der Waals surface area contributed by atoms with E-state index in [-0.39, 0.29) is 23.6 Å². The molecule has 1 rings (SSSR count). The molecule has 0 saturated heterocycles. The van der Waals surface area contributed by atoms with Gasteiger partial charge in [-0.25, -0.2) is 9.97 Å². The Balaban J connectivity index is 2.87. The van der Waals surface area contributed by atoms with Crippen molar-refractivity contribution >= 4 is 11.6 Å². The van der Waals surface area contributed by atoms with Crippen LogP contribution in [0.5, 0.6) is 0 Å². The number of hydrogen-bond donors (Lipinski definition) is 3. The number of carbonyl (C=O) groups is 1. The van der Waals surface area contributed by atoms with Crippen molar-refractivity contribution in [2.75, 3.05) is 18.6 Å². The predicted octanol–water partition coefficient (Wildman–Crippen LogP) is 1.04. The molecule has 1 atom stereocenters. The molecule has 1 unspecified atom stereocenters. The lowest BCUT2D eigenvalue weighted by Crippen LogP contribution is -2.37. The van der Waals surface area contributed by atoms with E-state index < -0.39 is 0 Å². The number of aromatic nitrogens is 2. The van der Waals surface area contributed by atoms with Gasteiger partial charge in [0.2, 0.25) is 0 Å². The highest BCUT2D eigenvalue weighted by atomic mass is 16.5. The Bertz CT molecular complexity index is 450. The van der Waals surface area contributed by atoms with Gasteiger partial charge in [0.1, 0.15) is 5.82 Å². The Morgan fingerprint density at radius 2 is 2.15 bits per heavy atom. The number of carbonyl (C=O) groups excluding carboxylic acids is 1. The second-order valence-corrected chi connectivity index (χ2v) is 4.82. The average molecular weight is 281 g/mol. The maximum Gasteiger partial charge on any atom is 0.272 e. The first-order chi connectivity index (χ1) is 9.49. The number of nitrogens with one attached hydrogen (secondary N) is 2. The summed E-state index contributed by atoms with van der Waals surface area (Å²) >= 11 is 0. The smallest absolute Gasteiger partial charge is 0.272 e. The number of anilines is 1. The van der Waals surface area contributed by atoms with Crippen LogP contribution in [0, 0.1) is 0 Å². The number of amides is 1. The monoisotopic (exact) mass is 281 g/mol. The van der Waals surface area contributed by atoms with Crippen molar-refractivity contribution in [1.82, 2.24) is 15.3 Å². The number of rotatable bonds is 7. The van der Waals surface area contributed by atoms with E-state index in [0.29, 0.717) is 24.7 Å². The maximum absolute atomic E-state index is 12.2. The minimum atomic E-state index is -0.297. The summed E-state index contributed by atoms with van der Waals surface area (Å²) in [7, 11) is 0. The molecule has 112 valence electrons. The standard InChI is InChI=1S/C13H23N5O2/c1-5-20-7-9(4)16-13(19)11-10(18-14)6-15-12(17-11)8(2)3/h6,8-9,18H,5,7,14H2,1-4H3,(H,16,19). The van der Waals surface area contributed by atoms with Crippen molar-refractivity contribution in [3.63, 3.8) is 0 Å². The van der Waals surface area contributed by atoms with Gasteiger partial charge in [-0.2, -0.15) is 0 Å². The summed E-state index contributed by atoms with van der Waals surface area (Å²) in [5.74, 6) is 5.83. The van der Waals surface area contributed by atoms with Crippen LogP contribution >= 0.6 is 0 Å². The highest BCUT2D eigenvalue weighted by molar-refractivity contribution is 5.97. The molecule has 1 heterocycles. The molecular weight excluding hydrogens is 258 g/mol. The largest absolute Gasteiger partial charge is 0.380 e. The normalized spacial score (nSPS) is 12.3. The quantitative estimate of drug-likeness (QED) is 0.510. The first-order valence-electron chi connectivity index (χ1n) is 6.71.